The average molecular weight is 334 g/mol. The van der Waals surface area contributed by atoms with Crippen LogP contribution in [0.2, 0.25) is 0 Å². The van der Waals surface area contributed by atoms with Crippen LogP contribution in [-0.2, 0) is 0 Å². The van der Waals surface area contributed by atoms with Crippen LogP contribution >= 0.6 is 27.3 Å². The fourth-order valence-corrected chi connectivity index (χ4v) is 3.05. The highest BCUT2D eigenvalue weighted by molar-refractivity contribution is 9.11. The van der Waals surface area contributed by atoms with Gasteiger partial charge in [0.2, 0.25) is 5.78 Å². The molecule has 0 amide bonds. The first-order valence-corrected chi connectivity index (χ1v) is 7.13. The second-order valence-electron chi connectivity index (χ2n) is 3.80. The third-order valence-electron chi connectivity index (χ3n) is 2.58. The van der Waals surface area contributed by atoms with E-state index in [9.17, 15) is 4.79 Å². The summed E-state index contributed by atoms with van der Waals surface area (Å²) in [5.74, 6) is -0.0791. The van der Waals surface area contributed by atoms with Gasteiger partial charge in [0.15, 0.2) is 0 Å². The van der Waals surface area contributed by atoms with Gasteiger partial charge < -0.3 is 0 Å². The number of benzene rings is 1. The minimum atomic E-state index is -0.0791. The molecule has 0 saturated carbocycles. The second-order valence-corrected chi connectivity index (χ2v) is 6.26. The van der Waals surface area contributed by atoms with Crippen LogP contribution < -0.4 is 0 Å². The Labute approximate surface area is 121 Å². The largest absolute Gasteiger partial charge is 0.286 e. The highest BCUT2D eigenvalue weighted by atomic mass is 79.9. The Balaban J connectivity index is 2.03. The van der Waals surface area contributed by atoms with Gasteiger partial charge in [0, 0.05) is 0 Å². The van der Waals surface area contributed by atoms with E-state index in [-0.39, 0.29) is 5.78 Å². The number of hydrogen-bond acceptors (Lipinski definition) is 4. The van der Waals surface area contributed by atoms with Gasteiger partial charge in [-0.05, 0) is 40.2 Å². The van der Waals surface area contributed by atoms with Crippen LogP contribution in [0, 0.1) is 0 Å². The number of rotatable bonds is 3. The molecular formula is C13H8BrN3OS. The first-order valence-electron chi connectivity index (χ1n) is 5.52. The summed E-state index contributed by atoms with van der Waals surface area (Å²) in [5, 5.41) is 7.82. The lowest BCUT2D eigenvalue weighted by atomic mass is 10.2. The van der Waals surface area contributed by atoms with E-state index in [0.29, 0.717) is 10.6 Å². The summed E-state index contributed by atoms with van der Waals surface area (Å²) in [6, 6.07) is 13.1. The molecule has 3 rings (SSSR count). The maximum absolute atomic E-state index is 12.4. The lowest BCUT2D eigenvalue weighted by molar-refractivity contribution is 0.103. The molecule has 0 aliphatic rings. The van der Waals surface area contributed by atoms with Gasteiger partial charge in [-0.15, -0.1) is 16.4 Å². The van der Waals surface area contributed by atoms with Crippen molar-refractivity contribution in [2.24, 2.45) is 0 Å². The average Bonchev–Trinajstić information content (AvgIpc) is 3.07. The second kappa shape index (κ2) is 5.07. The first-order chi connectivity index (χ1) is 9.25. The van der Waals surface area contributed by atoms with E-state index in [0.717, 1.165) is 9.47 Å². The fourth-order valence-electron chi connectivity index (χ4n) is 1.71. The third kappa shape index (κ3) is 2.36. The molecule has 0 atom stereocenters. The molecule has 4 nitrogen and oxygen atoms in total. The van der Waals surface area contributed by atoms with Gasteiger partial charge >= 0.3 is 0 Å². The predicted octanol–water partition coefficient (Wildman–Crippen LogP) is 3.32. The molecule has 2 heterocycles. The van der Waals surface area contributed by atoms with Crippen LogP contribution in [-0.4, -0.2) is 20.8 Å². The number of ketones is 1. The summed E-state index contributed by atoms with van der Waals surface area (Å²) < 4.78 is 2.48. The Kier molecular flexibility index (Phi) is 3.27. The van der Waals surface area contributed by atoms with Crippen molar-refractivity contribution in [3.63, 3.8) is 0 Å². The van der Waals surface area contributed by atoms with Crippen LogP contribution in [0.25, 0.3) is 5.69 Å². The van der Waals surface area contributed by atoms with Crippen molar-refractivity contribution in [2.75, 3.05) is 0 Å². The first kappa shape index (κ1) is 12.3. The maximum Gasteiger partial charge on any atom is 0.223 e. The molecule has 0 saturated heterocycles. The van der Waals surface area contributed by atoms with Crippen LogP contribution in [0.15, 0.2) is 52.4 Å². The molecule has 0 unspecified atom stereocenters. The van der Waals surface area contributed by atoms with E-state index in [1.807, 2.05) is 36.4 Å². The Hall–Kier alpha value is -1.79. The predicted molar refractivity (Wildman–Crippen MR) is 76.8 cm³/mol. The molecular weight excluding hydrogens is 326 g/mol. The monoisotopic (exact) mass is 333 g/mol. The highest BCUT2D eigenvalue weighted by Crippen LogP contribution is 2.24. The molecule has 0 aliphatic carbocycles. The summed E-state index contributed by atoms with van der Waals surface area (Å²) in [4.78, 5) is 13.1. The number of nitrogens with zero attached hydrogens (tertiary/aromatic N) is 3. The smallest absolute Gasteiger partial charge is 0.223 e. The summed E-state index contributed by atoms with van der Waals surface area (Å²) in [5.41, 5.74) is 1.28. The molecule has 2 aromatic heterocycles. The minimum Gasteiger partial charge on any atom is -0.286 e. The normalized spacial score (nSPS) is 10.6. The van der Waals surface area contributed by atoms with Gasteiger partial charge in [-0.25, -0.2) is 4.68 Å². The Morgan fingerprint density at radius 3 is 2.63 bits per heavy atom. The van der Waals surface area contributed by atoms with E-state index in [1.165, 1.54) is 17.5 Å². The quantitative estimate of drug-likeness (QED) is 0.691. The van der Waals surface area contributed by atoms with Crippen molar-refractivity contribution in [2.45, 2.75) is 0 Å². The molecule has 6 heteroatoms. The van der Waals surface area contributed by atoms with Gasteiger partial charge in [0.1, 0.15) is 5.69 Å². The van der Waals surface area contributed by atoms with E-state index < -0.39 is 0 Å². The summed E-state index contributed by atoms with van der Waals surface area (Å²) >= 11 is 4.75. The van der Waals surface area contributed by atoms with Crippen molar-refractivity contribution >= 4 is 33.0 Å². The van der Waals surface area contributed by atoms with E-state index >= 15 is 0 Å². The van der Waals surface area contributed by atoms with Gasteiger partial charge in [-0.2, -0.15) is 0 Å². The summed E-state index contributed by atoms with van der Waals surface area (Å²) in [6.07, 6.45) is 1.49. The van der Waals surface area contributed by atoms with E-state index in [4.69, 9.17) is 0 Å². The zero-order valence-corrected chi connectivity index (χ0v) is 12.1. The zero-order chi connectivity index (χ0) is 13.2. The van der Waals surface area contributed by atoms with Crippen molar-refractivity contribution in [1.29, 1.82) is 0 Å². The zero-order valence-electron chi connectivity index (χ0n) is 9.65. The number of thiophene rings is 1. The maximum atomic E-state index is 12.4. The molecule has 3 aromatic rings. The molecule has 0 N–H and O–H groups in total. The third-order valence-corrected chi connectivity index (χ3v) is 4.20. The number of para-hydroxylation sites is 1. The van der Waals surface area contributed by atoms with Gasteiger partial charge in [-0.3, -0.25) is 4.79 Å². The molecule has 94 valence electrons. The fraction of sp³-hybridized carbons (Fsp3) is 0. The number of halogens is 1. The number of aromatic nitrogens is 3. The SMILES string of the molecule is O=C(c1ccc(Br)s1)c1cnnn1-c1ccccc1. The molecule has 0 aliphatic heterocycles. The van der Waals surface area contributed by atoms with Crippen molar-refractivity contribution in [3.05, 3.63) is 63.0 Å². The topological polar surface area (TPSA) is 47.8 Å². The molecule has 0 spiro atoms. The van der Waals surface area contributed by atoms with Crippen LogP contribution in [0.3, 0.4) is 0 Å². The molecule has 19 heavy (non-hydrogen) atoms. The Morgan fingerprint density at radius 1 is 1.16 bits per heavy atom. The van der Waals surface area contributed by atoms with Crippen LogP contribution in [0.1, 0.15) is 15.4 Å². The molecule has 0 fully saturated rings. The van der Waals surface area contributed by atoms with Gasteiger partial charge in [-0.1, -0.05) is 23.4 Å². The lowest BCUT2D eigenvalue weighted by Crippen LogP contribution is -2.08. The standard InChI is InChI=1S/C13H8BrN3OS/c14-12-7-6-11(19-12)13(18)10-8-15-16-17(10)9-4-2-1-3-5-9/h1-8H. The van der Waals surface area contributed by atoms with E-state index in [1.54, 1.807) is 10.7 Å². The summed E-state index contributed by atoms with van der Waals surface area (Å²) in [6.45, 7) is 0. The summed E-state index contributed by atoms with van der Waals surface area (Å²) in [7, 11) is 0. The van der Waals surface area contributed by atoms with Crippen molar-refractivity contribution in [1.82, 2.24) is 15.0 Å². The van der Waals surface area contributed by atoms with Gasteiger partial charge in [0.25, 0.3) is 0 Å². The number of hydrogen-bond donors (Lipinski definition) is 0. The number of carbonyl (C=O) groups is 1. The van der Waals surface area contributed by atoms with Crippen molar-refractivity contribution in [3.8, 4) is 5.69 Å². The molecule has 0 bridgehead atoms. The molecule has 1 aromatic carbocycles. The Morgan fingerprint density at radius 2 is 1.95 bits per heavy atom. The van der Waals surface area contributed by atoms with E-state index in [2.05, 4.69) is 26.2 Å². The highest BCUT2D eigenvalue weighted by Gasteiger charge is 2.17. The van der Waals surface area contributed by atoms with Crippen LogP contribution in [0.5, 0.6) is 0 Å². The number of carbonyl (C=O) groups excluding carboxylic acids is 1. The lowest BCUT2D eigenvalue weighted by Gasteiger charge is -2.03. The molecule has 0 radical (unpaired) electrons. The van der Waals surface area contributed by atoms with Crippen LogP contribution in [0.4, 0.5) is 0 Å². The Bertz CT molecular complexity index is 720. The van der Waals surface area contributed by atoms with Crippen molar-refractivity contribution < 1.29 is 4.79 Å². The minimum absolute atomic E-state index is 0.0791. The van der Waals surface area contributed by atoms with Gasteiger partial charge in [0.05, 0.1) is 20.5 Å².